The third-order valence-corrected chi connectivity index (χ3v) is 3.38. The average molecular weight is 241 g/mol. The summed E-state index contributed by atoms with van der Waals surface area (Å²) in [6.45, 7) is 2.09. The summed E-state index contributed by atoms with van der Waals surface area (Å²) in [5.41, 5.74) is 0.0930. The number of hydrogen-bond acceptors (Lipinski definition) is 3. The molecule has 0 aliphatic heterocycles. The Morgan fingerprint density at radius 2 is 2.31 bits per heavy atom. The van der Waals surface area contributed by atoms with E-state index in [1.54, 1.807) is 0 Å². The third kappa shape index (κ3) is 1.97. The largest absolute Gasteiger partial charge is 0.478 e. The second-order valence-electron chi connectivity index (χ2n) is 4.37. The lowest BCUT2D eigenvalue weighted by molar-refractivity contribution is 0.0697. The van der Waals surface area contributed by atoms with Gasteiger partial charge in [-0.2, -0.15) is 0 Å². The summed E-state index contributed by atoms with van der Waals surface area (Å²) in [5.74, 6) is -0.571. The van der Waals surface area contributed by atoms with E-state index >= 15 is 0 Å². The molecule has 0 aromatic carbocycles. The highest BCUT2D eigenvalue weighted by atomic mass is 35.5. The molecule has 16 heavy (non-hydrogen) atoms. The molecule has 2 rings (SSSR count). The summed E-state index contributed by atoms with van der Waals surface area (Å²) in [5, 5.41) is 12.3. The first kappa shape index (κ1) is 11.2. The number of carbonyl (C=O) groups is 1. The zero-order valence-electron chi connectivity index (χ0n) is 8.96. The number of carboxylic acids is 1. The number of nitrogens with zero attached hydrogens (tertiary/aromatic N) is 1. The molecule has 0 radical (unpaired) electrons. The lowest BCUT2D eigenvalue weighted by atomic mass is 9.78. The fourth-order valence-electron chi connectivity index (χ4n) is 1.81. The molecule has 1 aliphatic carbocycles. The van der Waals surface area contributed by atoms with Gasteiger partial charge >= 0.3 is 5.97 Å². The van der Waals surface area contributed by atoms with Crippen molar-refractivity contribution in [2.75, 3.05) is 5.32 Å². The maximum atomic E-state index is 10.9. The first-order valence-corrected chi connectivity index (χ1v) is 5.56. The van der Waals surface area contributed by atoms with E-state index in [9.17, 15) is 4.79 Å². The van der Waals surface area contributed by atoms with Crippen molar-refractivity contribution in [1.29, 1.82) is 0 Å². The summed E-state index contributed by atoms with van der Waals surface area (Å²) in [4.78, 5) is 15.0. The van der Waals surface area contributed by atoms with Gasteiger partial charge in [-0.3, -0.25) is 0 Å². The number of rotatable bonds is 3. The van der Waals surface area contributed by atoms with Gasteiger partial charge in [-0.05, 0) is 32.3 Å². The zero-order chi connectivity index (χ0) is 11.8. The van der Waals surface area contributed by atoms with Crippen LogP contribution in [0.3, 0.4) is 0 Å². The van der Waals surface area contributed by atoms with Crippen LogP contribution in [0.1, 0.15) is 36.5 Å². The van der Waals surface area contributed by atoms with Gasteiger partial charge in [-0.15, -0.1) is 0 Å². The lowest BCUT2D eigenvalue weighted by Crippen LogP contribution is -2.42. The first-order chi connectivity index (χ1) is 7.52. The van der Waals surface area contributed by atoms with Crippen LogP contribution in [0.15, 0.2) is 12.3 Å². The Bertz CT molecular complexity index is 430. The van der Waals surface area contributed by atoms with Gasteiger partial charge in [0.1, 0.15) is 5.82 Å². The van der Waals surface area contributed by atoms with Crippen molar-refractivity contribution in [2.24, 2.45) is 0 Å². The highest BCUT2D eigenvalue weighted by Crippen LogP contribution is 2.36. The molecule has 1 aliphatic rings. The molecular formula is C11H13ClN2O2. The van der Waals surface area contributed by atoms with Crippen LogP contribution >= 0.6 is 11.6 Å². The third-order valence-electron chi connectivity index (χ3n) is 3.00. The summed E-state index contributed by atoms with van der Waals surface area (Å²) < 4.78 is 0. The topological polar surface area (TPSA) is 62.2 Å². The molecule has 86 valence electrons. The van der Waals surface area contributed by atoms with Crippen molar-refractivity contribution in [3.8, 4) is 0 Å². The van der Waals surface area contributed by atoms with Gasteiger partial charge in [-0.1, -0.05) is 11.6 Å². The van der Waals surface area contributed by atoms with Crippen LogP contribution in [-0.4, -0.2) is 21.6 Å². The molecule has 0 atom stereocenters. The van der Waals surface area contributed by atoms with Crippen molar-refractivity contribution < 1.29 is 9.90 Å². The van der Waals surface area contributed by atoms with Crippen molar-refractivity contribution in [3.05, 3.63) is 22.8 Å². The number of anilines is 1. The minimum Gasteiger partial charge on any atom is -0.478 e. The number of hydrogen-bond donors (Lipinski definition) is 2. The number of aromatic nitrogens is 1. The van der Waals surface area contributed by atoms with E-state index in [-0.39, 0.29) is 16.1 Å². The molecule has 5 heteroatoms. The van der Waals surface area contributed by atoms with Gasteiger partial charge in [0, 0.05) is 11.7 Å². The Morgan fingerprint density at radius 3 is 2.81 bits per heavy atom. The van der Waals surface area contributed by atoms with Gasteiger partial charge in [0.05, 0.1) is 10.6 Å². The maximum Gasteiger partial charge on any atom is 0.337 e. The Kier molecular flexibility index (Phi) is 2.76. The minimum absolute atomic E-state index is 0.00771. The van der Waals surface area contributed by atoms with Crippen molar-refractivity contribution in [3.63, 3.8) is 0 Å². The molecule has 4 nitrogen and oxygen atoms in total. The molecular weight excluding hydrogens is 228 g/mol. The van der Waals surface area contributed by atoms with Crippen molar-refractivity contribution >= 4 is 23.4 Å². The van der Waals surface area contributed by atoms with Crippen LogP contribution in [0.5, 0.6) is 0 Å². The molecule has 0 amide bonds. The number of nitrogens with one attached hydrogen (secondary N) is 1. The monoisotopic (exact) mass is 240 g/mol. The second-order valence-corrected chi connectivity index (χ2v) is 4.74. The summed E-state index contributed by atoms with van der Waals surface area (Å²) in [6, 6.07) is 1.40. The molecule has 1 aromatic rings. The number of aromatic carboxylic acids is 1. The van der Waals surface area contributed by atoms with E-state index in [0.29, 0.717) is 5.82 Å². The normalized spacial score (nSPS) is 17.6. The smallest absolute Gasteiger partial charge is 0.337 e. The van der Waals surface area contributed by atoms with Crippen LogP contribution in [-0.2, 0) is 0 Å². The van der Waals surface area contributed by atoms with E-state index in [0.717, 1.165) is 12.8 Å². The summed E-state index contributed by atoms with van der Waals surface area (Å²) in [6.07, 6.45) is 4.75. The Hall–Kier alpha value is -1.29. The van der Waals surface area contributed by atoms with Crippen LogP contribution in [0, 0.1) is 0 Å². The number of pyridine rings is 1. The van der Waals surface area contributed by atoms with Gasteiger partial charge in [0.25, 0.3) is 0 Å². The Labute approximate surface area is 98.6 Å². The van der Waals surface area contributed by atoms with Gasteiger partial charge in [0.15, 0.2) is 0 Å². The fraction of sp³-hybridized carbons (Fsp3) is 0.455. The van der Waals surface area contributed by atoms with E-state index < -0.39 is 5.97 Å². The molecule has 1 saturated carbocycles. The molecule has 1 heterocycles. The SMILES string of the molecule is CC1(Nc2nccc(C(=O)O)c2Cl)CCC1. The van der Waals surface area contributed by atoms with E-state index in [1.165, 1.54) is 18.7 Å². The highest BCUT2D eigenvalue weighted by molar-refractivity contribution is 6.35. The molecule has 2 N–H and O–H groups in total. The number of halogens is 1. The van der Waals surface area contributed by atoms with Crippen LogP contribution in [0.25, 0.3) is 0 Å². The quantitative estimate of drug-likeness (QED) is 0.853. The van der Waals surface area contributed by atoms with Gasteiger partial charge in [-0.25, -0.2) is 9.78 Å². The zero-order valence-corrected chi connectivity index (χ0v) is 9.71. The highest BCUT2D eigenvalue weighted by Gasteiger charge is 2.32. The van der Waals surface area contributed by atoms with Crippen LogP contribution in [0.2, 0.25) is 5.02 Å². The fourth-order valence-corrected chi connectivity index (χ4v) is 2.05. The molecule has 0 saturated heterocycles. The van der Waals surface area contributed by atoms with Crippen molar-refractivity contribution in [1.82, 2.24) is 4.98 Å². The predicted octanol–water partition coefficient (Wildman–Crippen LogP) is 2.79. The Morgan fingerprint density at radius 1 is 1.62 bits per heavy atom. The number of carboxylic acid groups (broad SMARTS) is 1. The van der Waals surface area contributed by atoms with Crippen molar-refractivity contribution in [2.45, 2.75) is 31.7 Å². The predicted molar refractivity (Wildman–Crippen MR) is 62.1 cm³/mol. The van der Waals surface area contributed by atoms with E-state index in [4.69, 9.17) is 16.7 Å². The molecule has 0 spiro atoms. The van der Waals surface area contributed by atoms with E-state index in [1.807, 2.05) is 0 Å². The second kappa shape index (κ2) is 3.94. The maximum absolute atomic E-state index is 10.9. The molecule has 0 bridgehead atoms. The minimum atomic E-state index is -1.03. The average Bonchev–Trinajstić information content (AvgIpc) is 2.18. The Balaban J connectivity index is 2.27. The van der Waals surface area contributed by atoms with Crippen LogP contribution < -0.4 is 5.32 Å². The van der Waals surface area contributed by atoms with Crippen LogP contribution in [0.4, 0.5) is 5.82 Å². The van der Waals surface area contributed by atoms with Gasteiger partial charge < -0.3 is 10.4 Å². The first-order valence-electron chi connectivity index (χ1n) is 5.18. The molecule has 1 fully saturated rings. The summed E-state index contributed by atoms with van der Waals surface area (Å²) >= 11 is 5.99. The van der Waals surface area contributed by atoms with Gasteiger partial charge in [0.2, 0.25) is 0 Å². The standard InChI is InChI=1S/C11H13ClN2O2/c1-11(4-2-5-11)14-9-8(12)7(10(15)16)3-6-13-9/h3,6H,2,4-5H2,1H3,(H,13,14)(H,15,16). The molecule has 0 unspecified atom stereocenters. The molecule has 1 aromatic heterocycles. The van der Waals surface area contributed by atoms with E-state index in [2.05, 4.69) is 17.2 Å². The summed E-state index contributed by atoms with van der Waals surface area (Å²) in [7, 11) is 0. The lowest BCUT2D eigenvalue weighted by Gasteiger charge is -2.39.